The van der Waals surface area contributed by atoms with Crippen LogP contribution in [-0.4, -0.2) is 68.2 Å². The second-order valence-electron chi connectivity index (χ2n) is 9.06. The summed E-state index contributed by atoms with van der Waals surface area (Å²) in [4.78, 5) is 31.9. The van der Waals surface area contributed by atoms with Crippen LogP contribution >= 0.6 is 0 Å². The quantitative estimate of drug-likeness (QED) is 0.724. The van der Waals surface area contributed by atoms with Crippen molar-refractivity contribution in [3.8, 4) is 11.5 Å². The van der Waals surface area contributed by atoms with Gasteiger partial charge < -0.3 is 24.6 Å². The van der Waals surface area contributed by atoms with E-state index in [0.717, 1.165) is 44.0 Å². The van der Waals surface area contributed by atoms with Gasteiger partial charge in [-0.05, 0) is 30.3 Å². The molecule has 0 bridgehead atoms. The summed E-state index contributed by atoms with van der Waals surface area (Å²) in [6, 6.07) is 13.8. The lowest BCUT2D eigenvalue weighted by molar-refractivity contribution is -0.126. The first-order valence-electron chi connectivity index (χ1n) is 11.5. The minimum atomic E-state index is -0.364. The predicted octanol–water partition coefficient (Wildman–Crippen LogP) is 1.83. The standard InChI is InChI=1S/C25H30N4O4/c1-27-7-9-28(10-8-27)15-19-4-2-3-18(11-19)14-26-25(31)20-12-24(30)29(16-20)21-5-6-22-23(13-21)33-17-32-22/h2-6,11,13,20H,7-10,12,14-17H2,1H3,(H,26,31). The van der Waals surface area contributed by atoms with E-state index < -0.39 is 0 Å². The highest BCUT2D eigenvalue weighted by atomic mass is 16.7. The van der Waals surface area contributed by atoms with Crippen LogP contribution in [0.5, 0.6) is 11.5 Å². The van der Waals surface area contributed by atoms with E-state index in [0.29, 0.717) is 24.6 Å². The van der Waals surface area contributed by atoms with E-state index in [1.165, 1.54) is 5.56 Å². The lowest BCUT2D eigenvalue weighted by atomic mass is 10.1. The summed E-state index contributed by atoms with van der Waals surface area (Å²) in [6.07, 6.45) is 0.212. The number of hydrogen-bond donors (Lipinski definition) is 1. The Balaban J connectivity index is 1.15. The van der Waals surface area contributed by atoms with Crippen molar-refractivity contribution in [2.75, 3.05) is 51.5 Å². The minimum Gasteiger partial charge on any atom is -0.454 e. The smallest absolute Gasteiger partial charge is 0.231 e. The van der Waals surface area contributed by atoms with Gasteiger partial charge in [-0.25, -0.2) is 0 Å². The number of benzene rings is 2. The van der Waals surface area contributed by atoms with Gasteiger partial charge >= 0.3 is 0 Å². The van der Waals surface area contributed by atoms with Crippen LogP contribution in [0.25, 0.3) is 0 Å². The average molecular weight is 451 g/mol. The van der Waals surface area contributed by atoms with Gasteiger partial charge in [-0.15, -0.1) is 0 Å². The largest absolute Gasteiger partial charge is 0.454 e. The molecule has 2 amide bonds. The summed E-state index contributed by atoms with van der Waals surface area (Å²) < 4.78 is 10.8. The van der Waals surface area contributed by atoms with Crippen LogP contribution in [0.3, 0.4) is 0 Å². The normalized spacial score (nSPS) is 20.9. The maximum Gasteiger partial charge on any atom is 0.231 e. The van der Waals surface area contributed by atoms with Gasteiger partial charge in [0.1, 0.15) is 0 Å². The first-order chi connectivity index (χ1) is 16.0. The molecule has 0 spiro atoms. The van der Waals surface area contributed by atoms with Gasteiger partial charge in [0.25, 0.3) is 0 Å². The molecular weight excluding hydrogens is 420 g/mol. The van der Waals surface area contributed by atoms with Crippen LogP contribution < -0.4 is 19.7 Å². The molecule has 1 N–H and O–H groups in total. The van der Waals surface area contributed by atoms with Crippen LogP contribution in [0.15, 0.2) is 42.5 Å². The fourth-order valence-corrected chi connectivity index (χ4v) is 4.62. The summed E-state index contributed by atoms with van der Waals surface area (Å²) in [7, 11) is 2.16. The zero-order valence-electron chi connectivity index (χ0n) is 19.0. The van der Waals surface area contributed by atoms with Crippen molar-refractivity contribution in [3.63, 3.8) is 0 Å². The van der Waals surface area contributed by atoms with Gasteiger partial charge in [0.15, 0.2) is 11.5 Å². The highest BCUT2D eigenvalue weighted by Gasteiger charge is 2.35. The van der Waals surface area contributed by atoms with Crippen molar-refractivity contribution in [3.05, 3.63) is 53.6 Å². The van der Waals surface area contributed by atoms with Crippen LogP contribution in [0.1, 0.15) is 17.5 Å². The molecule has 0 saturated carbocycles. The Kier molecular flexibility index (Phi) is 6.20. The predicted molar refractivity (Wildman–Crippen MR) is 124 cm³/mol. The number of ether oxygens (including phenoxy) is 2. The second-order valence-corrected chi connectivity index (χ2v) is 9.06. The molecule has 2 aromatic rings. The number of carbonyl (C=O) groups is 2. The van der Waals surface area contributed by atoms with Crippen molar-refractivity contribution in [2.45, 2.75) is 19.5 Å². The number of nitrogens with zero attached hydrogens (tertiary/aromatic N) is 3. The molecule has 2 aromatic carbocycles. The maximum atomic E-state index is 12.8. The van der Waals surface area contributed by atoms with E-state index in [2.05, 4.69) is 34.3 Å². The summed E-state index contributed by atoms with van der Waals surface area (Å²) in [6.45, 7) is 6.29. The Labute approximate surface area is 194 Å². The molecule has 8 heteroatoms. The number of carbonyl (C=O) groups excluding carboxylic acids is 2. The van der Waals surface area contributed by atoms with Gasteiger partial charge in [-0.1, -0.05) is 24.3 Å². The van der Waals surface area contributed by atoms with E-state index in [9.17, 15) is 9.59 Å². The van der Waals surface area contributed by atoms with Crippen LogP contribution in [0.2, 0.25) is 0 Å². The third-order valence-corrected chi connectivity index (χ3v) is 6.62. The highest BCUT2D eigenvalue weighted by Crippen LogP contribution is 2.37. The van der Waals surface area contributed by atoms with Crippen molar-refractivity contribution >= 4 is 17.5 Å². The number of nitrogens with one attached hydrogen (secondary N) is 1. The van der Waals surface area contributed by atoms with Gasteiger partial charge in [0.05, 0.1) is 5.92 Å². The number of hydrogen-bond acceptors (Lipinski definition) is 6. The van der Waals surface area contributed by atoms with Crippen LogP contribution in [0, 0.1) is 5.92 Å². The Hall–Kier alpha value is -3.10. The molecule has 1 unspecified atom stereocenters. The van der Waals surface area contributed by atoms with Crippen LogP contribution in [0.4, 0.5) is 5.69 Å². The number of piperazine rings is 1. The Morgan fingerprint density at radius 1 is 1.03 bits per heavy atom. The molecule has 174 valence electrons. The Morgan fingerprint density at radius 2 is 1.82 bits per heavy atom. The van der Waals surface area contributed by atoms with E-state index >= 15 is 0 Å². The SMILES string of the molecule is CN1CCN(Cc2cccc(CNC(=O)C3CC(=O)N(c4ccc5c(c4)OCO5)C3)c2)CC1. The Morgan fingerprint density at radius 3 is 2.67 bits per heavy atom. The molecule has 33 heavy (non-hydrogen) atoms. The molecule has 2 fully saturated rings. The minimum absolute atomic E-state index is 0.0526. The number of fused-ring (bicyclic) bond motifs is 1. The fraction of sp³-hybridized carbons (Fsp3) is 0.440. The first-order valence-corrected chi connectivity index (χ1v) is 11.5. The van der Waals surface area contributed by atoms with Gasteiger partial charge in [0, 0.05) is 64.0 Å². The average Bonchev–Trinajstić information content (AvgIpc) is 3.45. The molecule has 0 radical (unpaired) electrons. The van der Waals surface area contributed by atoms with Crippen molar-refractivity contribution in [2.24, 2.45) is 5.92 Å². The first kappa shape index (κ1) is 21.7. The summed E-state index contributed by atoms with van der Waals surface area (Å²) in [5, 5.41) is 3.03. The van der Waals surface area contributed by atoms with Gasteiger partial charge in [-0.2, -0.15) is 0 Å². The highest BCUT2D eigenvalue weighted by molar-refractivity contribution is 6.00. The molecule has 5 rings (SSSR count). The van der Waals surface area contributed by atoms with E-state index in [4.69, 9.17) is 9.47 Å². The molecule has 3 heterocycles. The zero-order valence-corrected chi connectivity index (χ0v) is 19.0. The molecule has 3 aliphatic heterocycles. The molecule has 2 saturated heterocycles. The topological polar surface area (TPSA) is 74.4 Å². The molecule has 3 aliphatic rings. The molecular formula is C25H30N4O4. The fourth-order valence-electron chi connectivity index (χ4n) is 4.62. The third kappa shape index (κ3) is 4.96. The molecule has 8 nitrogen and oxygen atoms in total. The number of anilines is 1. The van der Waals surface area contributed by atoms with Crippen molar-refractivity contribution < 1.29 is 19.1 Å². The number of rotatable bonds is 6. The lowest BCUT2D eigenvalue weighted by Gasteiger charge is -2.32. The second kappa shape index (κ2) is 9.41. The Bertz CT molecular complexity index is 1030. The van der Waals surface area contributed by atoms with E-state index in [-0.39, 0.29) is 30.9 Å². The molecule has 0 aromatic heterocycles. The maximum absolute atomic E-state index is 12.8. The lowest BCUT2D eigenvalue weighted by Crippen LogP contribution is -2.43. The van der Waals surface area contributed by atoms with E-state index in [1.807, 2.05) is 18.2 Å². The molecule has 1 atom stereocenters. The van der Waals surface area contributed by atoms with Gasteiger partial charge in [0.2, 0.25) is 18.6 Å². The zero-order chi connectivity index (χ0) is 22.8. The van der Waals surface area contributed by atoms with E-state index in [1.54, 1.807) is 17.0 Å². The number of amides is 2. The summed E-state index contributed by atoms with van der Waals surface area (Å²) >= 11 is 0. The molecule has 0 aliphatic carbocycles. The van der Waals surface area contributed by atoms with Crippen LogP contribution in [-0.2, 0) is 22.7 Å². The van der Waals surface area contributed by atoms with Crippen molar-refractivity contribution in [1.82, 2.24) is 15.1 Å². The number of likely N-dealkylation sites (N-methyl/N-ethyl adjacent to an activating group) is 1. The van der Waals surface area contributed by atoms with Gasteiger partial charge in [-0.3, -0.25) is 14.5 Å². The van der Waals surface area contributed by atoms with Crippen molar-refractivity contribution in [1.29, 1.82) is 0 Å². The monoisotopic (exact) mass is 450 g/mol. The third-order valence-electron chi connectivity index (χ3n) is 6.62. The summed E-state index contributed by atoms with van der Waals surface area (Å²) in [5.74, 6) is 0.801. The summed E-state index contributed by atoms with van der Waals surface area (Å²) in [5.41, 5.74) is 3.07.